The number of thioether (sulfide) groups is 1. The van der Waals surface area contributed by atoms with E-state index < -0.39 is 11.2 Å². The number of hydrogen-bond acceptors (Lipinski definition) is 3. The van der Waals surface area contributed by atoms with E-state index in [1.54, 1.807) is 0 Å². The number of carboxylic acid groups (broad SMARTS) is 1. The van der Waals surface area contributed by atoms with E-state index in [0.717, 1.165) is 25.9 Å². The van der Waals surface area contributed by atoms with Gasteiger partial charge in [0.2, 0.25) is 5.91 Å². The first-order chi connectivity index (χ1) is 8.43. The van der Waals surface area contributed by atoms with Crippen LogP contribution in [0.2, 0.25) is 0 Å². The van der Waals surface area contributed by atoms with Crippen LogP contribution in [0.5, 0.6) is 0 Å². The van der Waals surface area contributed by atoms with Crippen LogP contribution in [0, 0.1) is 5.92 Å². The molecular weight excluding hydrogens is 250 g/mol. The molecule has 4 nitrogen and oxygen atoms in total. The van der Waals surface area contributed by atoms with Gasteiger partial charge in [0.15, 0.2) is 0 Å². The second kappa shape index (κ2) is 9.25. The summed E-state index contributed by atoms with van der Waals surface area (Å²) in [5.74, 6) is -0.489. The maximum absolute atomic E-state index is 12.0. The Labute approximate surface area is 114 Å². The van der Waals surface area contributed by atoms with Gasteiger partial charge in [0.25, 0.3) is 0 Å². The predicted octanol–water partition coefficient (Wildman–Crippen LogP) is 2.48. The van der Waals surface area contributed by atoms with Crippen molar-refractivity contribution < 1.29 is 14.7 Å². The second-order valence-corrected chi connectivity index (χ2v) is 5.82. The normalized spacial score (nSPS) is 12.5. The number of hydrogen-bond donors (Lipinski definition) is 1. The average Bonchev–Trinajstić information content (AvgIpc) is 2.27. The summed E-state index contributed by atoms with van der Waals surface area (Å²) >= 11 is 1.24. The zero-order valence-corrected chi connectivity index (χ0v) is 12.6. The summed E-state index contributed by atoms with van der Waals surface area (Å²) in [7, 11) is 0. The van der Waals surface area contributed by atoms with Crippen LogP contribution in [0.15, 0.2) is 0 Å². The third-order valence-corrected chi connectivity index (χ3v) is 4.09. The van der Waals surface area contributed by atoms with Crippen molar-refractivity contribution >= 4 is 23.6 Å². The summed E-state index contributed by atoms with van der Waals surface area (Å²) in [6, 6.07) is 0. The van der Waals surface area contributed by atoms with E-state index in [1.165, 1.54) is 11.8 Å². The first-order valence-electron chi connectivity index (χ1n) is 6.56. The van der Waals surface area contributed by atoms with Crippen LogP contribution in [0.3, 0.4) is 0 Å². The van der Waals surface area contributed by atoms with Gasteiger partial charge in [-0.3, -0.25) is 9.59 Å². The summed E-state index contributed by atoms with van der Waals surface area (Å²) in [4.78, 5) is 24.8. The lowest BCUT2D eigenvalue weighted by molar-refractivity contribution is -0.137. The van der Waals surface area contributed by atoms with Gasteiger partial charge >= 0.3 is 5.97 Å². The molecule has 0 saturated heterocycles. The highest BCUT2D eigenvalue weighted by molar-refractivity contribution is 8.01. The number of carboxylic acids is 1. The Balaban J connectivity index is 4.31. The van der Waals surface area contributed by atoms with Crippen molar-refractivity contribution in [3.63, 3.8) is 0 Å². The van der Waals surface area contributed by atoms with E-state index in [4.69, 9.17) is 5.11 Å². The maximum atomic E-state index is 12.0. The molecule has 0 spiro atoms. The molecule has 1 N–H and O–H groups in total. The first-order valence-corrected chi connectivity index (χ1v) is 7.61. The van der Waals surface area contributed by atoms with Crippen molar-refractivity contribution in [3.05, 3.63) is 0 Å². The van der Waals surface area contributed by atoms with Crippen LogP contribution in [0.1, 0.15) is 40.5 Å². The molecule has 106 valence electrons. The predicted molar refractivity (Wildman–Crippen MR) is 75.9 cm³/mol. The molecule has 0 rings (SSSR count). The lowest BCUT2D eigenvalue weighted by Crippen LogP contribution is -2.35. The molecule has 5 heteroatoms. The first kappa shape index (κ1) is 17.3. The van der Waals surface area contributed by atoms with Crippen molar-refractivity contribution in [1.82, 2.24) is 4.90 Å². The van der Waals surface area contributed by atoms with Gasteiger partial charge in [-0.25, -0.2) is 0 Å². The fourth-order valence-corrected chi connectivity index (χ4v) is 2.73. The molecule has 1 unspecified atom stereocenters. The Morgan fingerprint density at radius 2 is 1.67 bits per heavy atom. The standard InChI is InChI=1S/C13H25NO3S/c1-5-7-14(8-6-2)11(15)9-18-12(10(3)4)13(16)17/h10,12H,5-9H2,1-4H3,(H,16,17). The number of amides is 1. The molecule has 0 saturated carbocycles. The van der Waals surface area contributed by atoms with E-state index >= 15 is 0 Å². The van der Waals surface area contributed by atoms with Crippen LogP contribution < -0.4 is 0 Å². The lowest BCUT2D eigenvalue weighted by Gasteiger charge is -2.22. The van der Waals surface area contributed by atoms with Gasteiger partial charge in [0, 0.05) is 13.1 Å². The highest BCUT2D eigenvalue weighted by Gasteiger charge is 2.24. The topological polar surface area (TPSA) is 57.6 Å². The zero-order valence-electron chi connectivity index (χ0n) is 11.8. The monoisotopic (exact) mass is 275 g/mol. The minimum absolute atomic E-state index is 0.0334. The van der Waals surface area contributed by atoms with Crippen LogP contribution in [0.4, 0.5) is 0 Å². The summed E-state index contributed by atoms with van der Waals surface area (Å²) in [5, 5.41) is 8.56. The number of nitrogens with zero attached hydrogens (tertiary/aromatic N) is 1. The van der Waals surface area contributed by atoms with E-state index in [1.807, 2.05) is 32.6 Å². The maximum Gasteiger partial charge on any atom is 0.316 e. The molecule has 0 aromatic carbocycles. The van der Waals surface area contributed by atoms with E-state index in [-0.39, 0.29) is 17.6 Å². The summed E-state index contributed by atoms with van der Waals surface area (Å²) < 4.78 is 0. The molecule has 0 fully saturated rings. The minimum atomic E-state index is -0.833. The van der Waals surface area contributed by atoms with Crippen molar-refractivity contribution in [2.75, 3.05) is 18.8 Å². The average molecular weight is 275 g/mol. The summed E-state index contributed by atoms with van der Waals surface area (Å²) in [5.41, 5.74) is 0. The largest absolute Gasteiger partial charge is 0.480 e. The zero-order chi connectivity index (χ0) is 14.1. The lowest BCUT2D eigenvalue weighted by atomic mass is 10.1. The number of aliphatic carboxylic acids is 1. The van der Waals surface area contributed by atoms with Crippen molar-refractivity contribution in [1.29, 1.82) is 0 Å². The highest BCUT2D eigenvalue weighted by Crippen LogP contribution is 2.20. The van der Waals surface area contributed by atoms with Gasteiger partial charge in [0.05, 0.1) is 5.75 Å². The summed E-state index contributed by atoms with van der Waals surface area (Å²) in [6.45, 7) is 9.33. The molecule has 1 atom stereocenters. The third kappa shape index (κ3) is 6.28. The molecule has 1 amide bonds. The molecule has 0 aromatic rings. The number of rotatable bonds is 9. The van der Waals surface area contributed by atoms with Gasteiger partial charge < -0.3 is 10.0 Å². The smallest absolute Gasteiger partial charge is 0.316 e. The van der Waals surface area contributed by atoms with Crippen LogP contribution in [-0.2, 0) is 9.59 Å². The van der Waals surface area contributed by atoms with Crippen molar-refractivity contribution in [3.8, 4) is 0 Å². The van der Waals surface area contributed by atoms with Gasteiger partial charge in [-0.1, -0.05) is 27.7 Å². The van der Waals surface area contributed by atoms with E-state index in [2.05, 4.69) is 0 Å². The number of carbonyl (C=O) groups excluding carboxylic acids is 1. The van der Waals surface area contributed by atoms with Crippen molar-refractivity contribution in [2.24, 2.45) is 5.92 Å². The molecular formula is C13H25NO3S. The van der Waals surface area contributed by atoms with E-state index in [0.29, 0.717) is 0 Å². The van der Waals surface area contributed by atoms with Crippen molar-refractivity contribution in [2.45, 2.75) is 45.8 Å². The third-order valence-electron chi connectivity index (χ3n) is 2.58. The molecule has 0 aliphatic carbocycles. The van der Waals surface area contributed by atoms with Gasteiger partial charge in [-0.05, 0) is 18.8 Å². The van der Waals surface area contributed by atoms with E-state index in [9.17, 15) is 9.59 Å². The fraction of sp³-hybridized carbons (Fsp3) is 0.846. The van der Waals surface area contributed by atoms with Gasteiger partial charge in [-0.2, -0.15) is 0 Å². The van der Waals surface area contributed by atoms with Crippen LogP contribution in [-0.4, -0.2) is 46.0 Å². The Hall–Kier alpha value is -0.710. The van der Waals surface area contributed by atoms with Crippen LogP contribution in [0.25, 0.3) is 0 Å². The molecule has 0 bridgehead atoms. The Morgan fingerprint density at radius 1 is 1.17 bits per heavy atom. The number of carbonyl (C=O) groups is 2. The Kier molecular flexibility index (Phi) is 8.89. The quantitative estimate of drug-likeness (QED) is 0.702. The van der Waals surface area contributed by atoms with Gasteiger partial charge in [0.1, 0.15) is 5.25 Å². The molecule has 0 heterocycles. The molecule has 0 aliphatic heterocycles. The minimum Gasteiger partial charge on any atom is -0.480 e. The Bertz CT molecular complexity index is 263. The SMILES string of the molecule is CCCN(CCC)C(=O)CSC(C(=O)O)C(C)C. The summed E-state index contributed by atoms with van der Waals surface area (Å²) in [6.07, 6.45) is 1.87. The van der Waals surface area contributed by atoms with Gasteiger partial charge in [-0.15, -0.1) is 11.8 Å². The molecule has 0 radical (unpaired) electrons. The van der Waals surface area contributed by atoms with Crippen LogP contribution >= 0.6 is 11.8 Å². The molecule has 18 heavy (non-hydrogen) atoms. The fourth-order valence-electron chi connectivity index (χ4n) is 1.70. The highest BCUT2D eigenvalue weighted by atomic mass is 32.2. The molecule has 0 aromatic heterocycles. The Morgan fingerprint density at radius 3 is 2.00 bits per heavy atom. The second-order valence-electron chi connectivity index (χ2n) is 4.69. The molecule has 0 aliphatic rings.